The quantitative estimate of drug-likeness (QED) is 0.757. The number of ether oxygens (including phenoxy) is 1. The summed E-state index contributed by atoms with van der Waals surface area (Å²) in [5, 5.41) is 0. The number of nitrogens with zero attached hydrogens (tertiary/aromatic N) is 2. The minimum Gasteiger partial charge on any atom is -0.450 e. The van der Waals surface area contributed by atoms with Gasteiger partial charge in [-0.15, -0.1) is 0 Å². The summed E-state index contributed by atoms with van der Waals surface area (Å²) in [4.78, 5) is 27.9. The zero-order valence-corrected chi connectivity index (χ0v) is 18.1. The minimum absolute atomic E-state index is 0.0732. The molecule has 31 heavy (non-hydrogen) atoms. The van der Waals surface area contributed by atoms with E-state index in [1.54, 1.807) is 24.8 Å². The molecule has 3 rings (SSSR count). The highest BCUT2D eigenvalue weighted by Gasteiger charge is 2.27. The lowest BCUT2D eigenvalue weighted by Gasteiger charge is -2.34. The molecular formula is C21H24FN3O5S. The van der Waals surface area contributed by atoms with Crippen LogP contribution in [0.2, 0.25) is 0 Å². The molecule has 1 aliphatic rings. The fourth-order valence-electron chi connectivity index (χ4n) is 3.21. The predicted octanol–water partition coefficient (Wildman–Crippen LogP) is 2.85. The second-order valence-electron chi connectivity index (χ2n) is 7.07. The van der Waals surface area contributed by atoms with E-state index in [4.69, 9.17) is 4.74 Å². The van der Waals surface area contributed by atoms with Gasteiger partial charge in [0.25, 0.3) is 15.9 Å². The van der Waals surface area contributed by atoms with Crippen LogP contribution in [-0.4, -0.2) is 63.0 Å². The van der Waals surface area contributed by atoms with Crippen molar-refractivity contribution in [3.8, 4) is 0 Å². The maximum Gasteiger partial charge on any atom is 0.409 e. The van der Waals surface area contributed by atoms with Gasteiger partial charge in [0.15, 0.2) is 0 Å². The average Bonchev–Trinajstić information content (AvgIpc) is 2.75. The van der Waals surface area contributed by atoms with Crippen LogP contribution in [0.15, 0.2) is 47.4 Å². The van der Waals surface area contributed by atoms with Gasteiger partial charge in [0, 0.05) is 37.4 Å². The number of piperazine rings is 1. The van der Waals surface area contributed by atoms with Gasteiger partial charge in [-0.1, -0.05) is 6.07 Å². The van der Waals surface area contributed by atoms with Crippen LogP contribution in [0.4, 0.5) is 14.9 Å². The van der Waals surface area contributed by atoms with Crippen LogP contribution in [0, 0.1) is 12.7 Å². The lowest BCUT2D eigenvalue weighted by molar-refractivity contribution is 0.0569. The number of anilines is 1. The number of hydrogen-bond donors (Lipinski definition) is 1. The maximum absolute atomic E-state index is 13.1. The number of halogens is 1. The Kier molecular flexibility index (Phi) is 6.79. The van der Waals surface area contributed by atoms with Crippen LogP contribution < -0.4 is 4.72 Å². The fourth-order valence-corrected chi connectivity index (χ4v) is 4.29. The molecule has 0 bridgehead atoms. The van der Waals surface area contributed by atoms with Gasteiger partial charge >= 0.3 is 6.09 Å². The van der Waals surface area contributed by atoms with E-state index >= 15 is 0 Å². The number of benzene rings is 2. The molecule has 1 aliphatic heterocycles. The molecule has 1 N–H and O–H groups in total. The van der Waals surface area contributed by atoms with Gasteiger partial charge in [0.1, 0.15) is 5.82 Å². The molecule has 10 heteroatoms. The molecule has 166 valence electrons. The summed E-state index contributed by atoms with van der Waals surface area (Å²) in [7, 11) is -3.97. The van der Waals surface area contributed by atoms with Crippen LogP contribution in [0.5, 0.6) is 0 Å². The van der Waals surface area contributed by atoms with E-state index in [1.165, 1.54) is 29.2 Å². The third-order valence-electron chi connectivity index (χ3n) is 4.94. The Hall–Kier alpha value is -3.14. The first-order valence-electron chi connectivity index (χ1n) is 9.81. The average molecular weight is 450 g/mol. The molecule has 0 atom stereocenters. The van der Waals surface area contributed by atoms with Gasteiger partial charge in [-0.05, 0) is 55.8 Å². The molecule has 2 amide bonds. The molecule has 8 nitrogen and oxygen atoms in total. The molecule has 2 aromatic rings. The number of carbonyl (C=O) groups excluding carboxylic acids is 2. The molecule has 0 aliphatic carbocycles. The van der Waals surface area contributed by atoms with E-state index < -0.39 is 21.9 Å². The molecule has 1 heterocycles. The molecule has 1 saturated heterocycles. The lowest BCUT2D eigenvalue weighted by atomic mass is 10.1. The van der Waals surface area contributed by atoms with Gasteiger partial charge in [-0.2, -0.15) is 0 Å². The van der Waals surface area contributed by atoms with Crippen molar-refractivity contribution < 1.29 is 27.1 Å². The molecule has 2 aromatic carbocycles. The normalized spacial score (nSPS) is 14.3. The summed E-state index contributed by atoms with van der Waals surface area (Å²) in [6.45, 7) is 5.06. The number of sulfonamides is 1. The Bertz CT molecular complexity index is 1060. The number of amides is 2. The van der Waals surface area contributed by atoms with Crippen LogP contribution in [0.3, 0.4) is 0 Å². The van der Waals surface area contributed by atoms with Crippen molar-refractivity contribution in [2.45, 2.75) is 18.7 Å². The minimum atomic E-state index is -3.97. The van der Waals surface area contributed by atoms with Crippen molar-refractivity contribution in [3.63, 3.8) is 0 Å². The van der Waals surface area contributed by atoms with Crippen molar-refractivity contribution in [1.29, 1.82) is 0 Å². The zero-order chi connectivity index (χ0) is 22.6. The Labute approximate surface area is 180 Å². The van der Waals surface area contributed by atoms with Gasteiger partial charge in [0.05, 0.1) is 11.5 Å². The fraction of sp³-hybridized carbons (Fsp3) is 0.333. The van der Waals surface area contributed by atoms with E-state index in [-0.39, 0.29) is 28.7 Å². The van der Waals surface area contributed by atoms with Crippen LogP contribution in [0.25, 0.3) is 0 Å². The summed E-state index contributed by atoms with van der Waals surface area (Å²) in [6.07, 6.45) is -0.411. The first kappa shape index (κ1) is 22.5. The number of nitrogens with one attached hydrogen (secondary N) is 1. The van der Waals surface area contributed by atoms with E-state index in [0.29, 0.717) is 31.7 Å². The maximum atomic E-state index is 13.1. The highest BCUT2D eigenvalue weighted by atomic mass is 32.2. The molecule has 0 spiro atoms. The topological polar surface area (TPSA) is 96.0 Å². The second-order valence-corrected chi connectivity index (χ2v) is 8.75. The molecule has 0 radical (unpaired) electrons. The van der Waals surface area contributed by atoms with E-state index in [0.717, 1.165) is 12.1 Å². The monoisotopic (exact) mass is 449 g/mol. The second kappa shape index (κ2) is 9.34. The predicted molar refractivity (Wildman–Crippen MR) is 113 cm³/mol. The van der Waals surface area contributed by atoms with Crippen molar-refractivity contribution >= 4 is 27.7 Å². The van der Waals surface area contributed by atoms with Gasteiger partial charge in [-0.3, -0.25) is 9.52 Å². The lowest BCUT2D eigenvalue weighted by Crippen LogP contribution is -2.50. The van der Waals surface area contributed by atoms with E-state index in [2.05, 4.69) is 4.72 Å². The number of aryl methyl sites for hydroxylation is 1. The van der Waals surface area contributed by atoms with Gasteiger partial charge in [0.2, 0.25) is 0 Å². The van der Waals surface area contributed by atoms with E-state index in [1.807, 2.05) is 0 Å². The first-order valence-corrected chi connectivity index (χ1v) is 11.3. The van der Waals surface area contributed by atoms with Crippen LogP contribution in [-0.2, 0) is 14.8 Å². The Morgan fingerprint density at radius 2 is 1.65 bits per heavy atom. The van der Waals surface area contributed by atoms with Gasteiger partial charge < -0.3 is 14.5 Å². The highest BCUT2D eigenvalue weighted by molar-refractivity contribution is 7.92. The Morgan fingerprint density at radius 1 is 1.03 bits per heavy atom. The number of rotatable bonds is 5. The van der Waals surface area contributed by atoms with E-state index in [9.17, 15) is 22.4 Å². The summed E-state index contributed by atoms with van der Waals surface area (Å²) in [6, 6.07) is 9.25. The third kappa shape index (κ3) is 5.32. The smallest absolute Gasteiger partial charge is 0.409 e. The standard InChI is InChI=1S/C21H24FN3O5S/c1-3-30-21(27)25-12-10-24(11-13-25)20(26)19-14-18(9-4-15(19)2)31(28,29)23-17-7-5-16(22)6-8-17/h4-9,14,23H,3,10-13H2,1-2H3. The summed E-state index contributed by atoms with van der Waals surface area (Å²) in [5.74, 6) is -0.783. The Morgan fingerprint density at radius 3 is 2.26 bits per heavy atom. The SMILES string of the molecule is CCOC(=O)N1CCN(C(=O)c2cc(S(=O)(=O)Nc3ccc(F)cc3)ccc2C)CC1. The van der Waals surface area contributed by atoms with Crippen molar-refractivity contribution in [2.75, 3.05) is 37.5 Å². The largest absolute Gasteiger partial charge is 0.450 e. The Balaban J connectivity index is 1.75. The molecule has 0 saturated carbocycles. The van der Waals surface area contributed by atoms with Crippen molar-refractivity contribution in [1.82, 2.24) is 9.80 Å². The zero-order valence-electron chi connectivity index (χ0n) is 17.3. The summed E-state index contributed by atoms with van der Waals surface area (Å²) >= 11 is 0. The number of hydrogen-bond acceptors (Lipinski definition) is 5. The highest BCUT2D eigenvalue weighted by Crippen LogP contribution is 2.21. The third-order valence-corrected chi connectivity index (χ3v) is 6.32. The first-order chi connectivity index (χ1) is 14.7. The van der Waals surface area contributed by atoms with Crippen LogP contribution >= 0.6 is 0 Å². The molecular weight excluding hydrogens is 425 g/mol. The summed E-state index contributed by atoms with van der Waals surface area (Å²) < 4.78 is 45.9. The summed E-state index contributed by atoms with van der Waals surface area (Å²) in [5.41, 5.74) is 1.12. The van der Waals surface area contributed by atoms with Crippen LogP contribution in [0.1, 0.15) is 22.8 Å². The molecule has 0 aromatic heterocycles. The number of carbonyl (C=O) groups is 2. The molecule has 1 fully saturated rings. The van der Waals surface area contributed by atoms with Crippen molar-refractivity contribution in [3.05, 3.63) is 59.4 Å². The van der Waals surface area contributed by atoms with Crippen molar-refractivity contribution in [2.24, 2.45) is 0 Å². The molecule has 0 unspecified atom stereocenters. The van der Waals surface area contributed by atoms with Gasteiger partial charge in [-0.25, -0.2) is 17.6 Å².